The highest BCUT2D eigenvalue weighted by atomic mass is 16.5. The maximum atomic E-state index is 11.1. The van der Waals surface area contributed by atoms with Crippen molar-refractivity contribution in [2.75, 3.05) is 17.7 Å². The zero-order chi connectivity index (χ0) is 11.3. The van der Waals surface area contributed by atoms with Crippen LogP contribution in [0.3, 0.4) is 0 Å². The van der Waals surface area contributed by atoms with Crippen molar-refractivity contribution in [3.8, 4) is 0 Å². The molecule has 0 aromatic heterocycles. The van der Waals surface area contributed by atoms with Gasteiger partial charge in [0, 0.05) is 11.4 Å². The Balaban J connectivity index is 2.71. The molecule has 0 heterocycles. The number of rotatable bonds is 3. The summed E-state index contributed by atoms with van der Waals surface area (Å²) in [5.41, 5.74) is 8.21. The van der Waals surface area contributed by atoms with Gasteiger partial charge in [0.05, 0.1) is 6.61 Å². The second kappa shape index (κ2) is 5.24. The van der Waals surface area contributed by atoms with Crippen LogP contribution in [-0.2, 0) is 11.2 Å². The summed E-state index contributed by atoms with van der Waals surface area (Å²) in [4.78, 5) is 11.1. The lowest BCUT2D eigenvalue weighted by molar-refractivity contribution is 0.168. The Morgan fingerprint density at radius 3 is 2.73 bits per heavy atom. The van der Waals surface area contributed by atoms with E-state index in [0.29, 0.717) is 18.0 Å². The number of carbonyl (C=O) groups excluding carboxylic acids is 1. The van der Waals surface area contributed by atoms with E-state index in [0.717, 1.165) is 12.0 Å². The summed E-state index contributed by atoms with van der Waals surface area (Å²) in [6.07, 6.45) is 0.423. The Bertz CT molecular complexity index is 350. The second-order valence-electron chi connectivity index (χ2n) is 3.11. The van der Waals surface area contributed by atoms with Crippen molar-refractivity contribution < 1.29 is 9.53 Å². The smallest absolute Gasteiger partial charge is 0.411 e. The first-order chi connectivity index (χ1) is 7.17. The zero-order valence-corrected chi connectivity index (χ0v) is 9.04. The Morgan fingerprint density at radius 1 is 1.47 bits per heavy atom. The number of carbonyl (C=O) groups is 1. The average molecular weight is 208 g/mol. The van der Waals surface area contributed by atoms with Gasteiger partial charge in [0.25, 0.3) is 0 Å². The Kier molecular flexibility index (Phi) is 3.97. The molecule has 0 bridgehead atoms. The molecule has 0 saturated heterocycles. The quantitative estimate of drug-likeness (QED) is 0.749. The third kappa shape index (κ3) is 3.16. The maximum Gasteiger partial charge on any atom is 0.411 e. The molecule has 1 aromatic carbocycles. The number of nitrogens with two attached hydrogens (primary N) is 1. The molecule has 0 aliphatic heterocycles. The molecule has 3 N–H and O–H groups in total. The molecule has 0 aliphatic carbocycles. The highest BCUT2D eigenvalue weighted by molar-refractivity contribution is 5.85. The van der Waals surface area contributed by atoms with E-state index >= 15 is 0 Å². The first kappa shape index (κ1) is 11.4. The SMILES string of the molecule is CCOC(=O)Nc1ccc(CC)c(N)c1. The van der Waals surface area contributed by atoms with Crippen LogP contribution in [-0.4, -0.2) is 12.7 Å². The lowest BCUT2D eigenvalue weighted by Crippen LogP contribution is -2.13. The van der Waals surface area contributed by atoms with Gasteiger partial charge < -0.3 is 10.5 Å². The first-order valence-corrected chi connectivity index (χ1v) is 4.99. The van der Waals surface area contributed by atoms with Crippen molar-refractivity contribution in [1.29, 1.82) is 0 Å². The Hall–Kier alpha value is -1.71. The number of benzene rings is 1. The van der Waals surface area contributed by atoms with Crippen LogP contribution in [0.25, 0.3) is 0 Å². The van der Waals surface area contributed by atoms with Gasteiger partial charge in [0.15, 0.2) is 0 Å². The zero-order valence-electron chi connectivity index (χ0n) is 9.04. The molecule has 4 heteroatoms. The fourth-order valence-electron chi connectivity index (χ4n) is 1.28. The lowest BCUT2D eigenvalue weighted by atomic mass is 10.1. The molecular weight excluding hydrogens is 192 g/mol. The van der Waals surface area contributed by atoms with Gasteiger partial charge in [0.2, 0.25) is 0 Å². The van der Waals surface area contributed by atoms with Gasteiger partial charge in [-0.05, 0) is 31.0 Å². The van der Waals surface area contributed by atoms with Crippen molar-refractivity contribution in [2.24, 2.45) is 0 Å². The number of aryl methyl sites for hydroxylation is 1. The Labute approximate surface area is 89.4 Å². The minimum Gasteiger partial charge on any atom is -0.450 e. The molecule has 1 rings (SSSR count). The van der Waals surface area contributed by atoms with Gasteiger partial charge in [-0.1, -0.05) is 13.0 Å². The summed E-state index contributed by atoms with van der Waals surface area (Å²) in [5.74, 6) is 0. The van der Waals surface area contributed by atoms with Crippen LogP contribution < -0.4 is 11.1 Å². The molecule has 82 valence electrons. The van der Waals surface area contributed by atoms with Gasteiger partial charge >= 0.3 is 6.09 Å². The number of nitrogens with one attached hydrogen (secondary N) is 1. The molecule has 0 radical (unpaired) electrons. The van der Waals surface area contributed by atoms with Crippen molar-refractivity contribution >= 4 is 17.5 Å². The number of hydrogen-bond acceptors (Lipinski definition) is 3. The normalized spacial score (nSPS) is 9.73. The highest BCUT2D eigenvalue weighted by Gasteiger charge is 2.03. The number of anilines is 2. The summed E-state index contributed by atoms with van der Waals surface area (Å²) >= 11 is 0. The van der Waals surface area contributed by atoms with E-state index in [9.17, 15) is 4.79 Å². The first-order valence-electron chi connectivity index (χ1n) is 4.99. The molecule has 0 unspecified atom stereocenters. The fraction of sp³-hybridized carbons (Fsp3) is 0.364. The lowest BCUT2D eigenvalue weighted by Gasteiger charge is -2.08. The minimum atomic E-state index is -0.457. The standard InChI is InChI=1S/C11H16N2O2/c1-3-8-5-6-9(7-10(8)12)13-11(14)15-4-2/h5-7H,3-4,12H2,1-2H3,(H,13,14). The average Bonchev–Trinajstić information content (AvgIpc) is 2.18. The van der Waals surface area contributed by atoms with Gasteiger partial charge in [-0.15, -0.1) is 0 Å². The van der Waals surface area contributed by atoms with E-state index in [-0.39, 0.29) is 0 Å². The molecule has 4 nitrogen and oxygen atoms in total. The third-order valence-electron chi connectivity index (χ3n) is 2.05. The summed E-state index contributed by atoms with van der Waals surface area (Å²) < 4.78 is 4.75. The van der Waals surface area contributed by atoms with E-state index in [2.05, 4.69) is 5.32 Å². The number of nitrogen functional groups attached to an aromatic ring is 1. The van der Waals surface area contributed by atoms with Crippen LogP contribution in [0.1, 0.15) is 19.4 Å². The molecule has 15 heavy (non-hydrogen) atoms. The number of hydrogen-bond donors (Lipinski definition) is 2. The van der Waals surface area contributed by atoms with Gasteiger partial charge in [-0.25, -0.2) is 4.79 Å². The number of ether oxygens (including phenoxy) is 1. The van der Waals surface area contributed by atoms with Crippen LogP contribution >= 0.6 is 0 Å². The van der Waals surface area contributed by atoms with Crippen LogP contribution in [0, 0.1) is 0 Å². The van der Waals surface area contributed by atoms with Crippen molar-refractivity contribution in [1.82, 2.24) is 0 Å². The molecule has 1 amide bonds. The fourth-order valence-corrected chi connectivity index (χ4v) is 1.28. The molecular formula is C11H16N2O2. The van der Waals surface area contributed by atoms with E-state index < -0.39 is 6.09 Å². The van der Waals surface area contributed by atoms with Crippen LogP contribution in [0.2, 0.25) is 0 Å². The molecule has 0 fully saturated rings. The monoisotopic (exact) mass is 208 g/mol. The largest absolute Gasteiger partial charge is 0.450 e. The van der Waals surface area contributed by atoms with Gasteiger partial charge in [0.1, 0.15) is 0 Å². The van der Waals surface area contributed by atoms with Crippen LogP contribution in [0.4, 0.5) is 16.2 Å². The van der Waals surface area contributed by atoms with Crippen molar-refractivity contribution in [2.45, 2.75) is 20.3 Å². The van der Waals surface area contributed by atoms with E-state index in [1.807, 2.05) is 19.1 Å². The van der Waals surface area contributed by atoms with E-state index in [4.69, 9.17) is 10.5 Å². The Morgan fingerprint density at radius 2 is 2.20 bits per heavy atom. The predicted molar refractivity (Wildman–Crippen MR) is 60.9 cm³/mol. The van der Waals surface area contributed by atoms with Crippen LogP contribution in [0.5, 0.6) is 0 Å². The third-order valence-corrected chi connectivity index (χ3v) is 2.05. The number of amides is 1. The van der Waals surface area contributed by atoms with E-state index in [1.165, 1.54) is 0 Å². The van der Waals surface area contributed by atoms with Crippen molar-refractivity contribution in [3.05, 3.63) is 23.8 Å². The topological polar surface area (TPSA) is 64.3 Å². The van der Waals surface area contributed by atoms with Crippen LogP contribution in [0.15, 0.2) is 18.2 Å². The molecule has 0 aliphatic rings. The summed E-state index contributed by atoms with van der Waals surface area (Å²) in [6, 6.07) is 5.44. The molecule has 0 saturated carbocycles. The predicted octanol–water partition coefficient (Wildman–Crippen LogP) is 2.40. The molecule has 0 atom stereocenters. The maximum absolute atomic E-state index is 11.1. The minimum absolute atomic E-state index is 0.356. The van der Waals surface area contributed by atoms with Gasteiger partial charge in [-0.3, -0.25) is 5.32 Å². The molecule has 0 spiro atoms. The highest BCUT2D eigenvalue weighted by Crippen LogP contribution is 2.18. The van der Waals surface area contributed by atoms with Crippen molar-refractivity contribution in [3.63, 3.8) is 0 Å². The second-order valence-corrected chi connectivity index (χ2v) is 3.11. The molecule has 1 aromatic rings. The summed E-state index contributed by atoms with van der Waals surface area (Å²) in [7, 11) is 0. The summed E-state index contributed by atoms with van der Waals surface area (Å²) in [5, 5.41) is 2.59. The van der Waals surface area contributed by atoms with Gasteiger partial charge in [-0.2, -0.15) is 0 Å². The van der Waals surface area contributed by atoms with E-state index in [1.54, 1.807) is 13.0 Å². The summed E-state index contributed by atoms with van der Waals surface area (Å²) in [6.45, 7) is 4.15.